The second kappa shape index (κ2) is 7.76. The summed E-state index contributed by atoms with van der Waals surface area (Å²) in [5, 5.41) is 0. The fourth-order valence-electron chi connectivity index (χ4n) is 2.50. The van der Waals surface area contributed by atoms with Gasteiger partial charge in [0.1, 0.15) is 11.4 Å². The van der Waals surface area contributed by atoms with Crippen LogP contribution in [0.25, 0.3) is 0 Å². The number of carbonyl (C=O) groups is 2. The van der Waals surface area contributed by atoms with E-state index in [-0.39, 0.29) is 18.6 Å². The van der Waals surface area contributed by atoms with E-state index in [0.717, 1.165) is 5.56 Å². The maximum atomic E-state index is 12.3. The Labute approximate surface area is 149 Å². The molecule has 1 fully saturated rings. The fraction of sp³-hybridized carbons (Fsp3) is 0.579. The number of piperazine rings is 1. The van der Waals surface area contributed by atoms with Gasteiger partial charge in [0, 0.05) is 26.2 Å². The van der Waals surface area contributed by atoms with Crippen LogP contribution >= 0.6 is 0 Å². The van der Waals surface area contributed by atoms with Crippen molar-refractivity contribution >= 4 is 12.0 Å². The quantitative estimate of drug-likeness (QED) is 0.843. The van der Waals surface area contributed by atoms with Crippen molar-refractivity contribution in [1.82, 2.24) is 9.80 Å². The predicted octanol–water partition coefficient (Wildman–Crippen LogP) is 2.76. The summed E-state index contributed by atoms with van der Waals surface area (Å²) in [6.07, 6.45) is -0.328. The summed E-state index contributed by atoms with van der Waals surface area (Å²) < 4.78 is 11.0. The van der Waals surface area contributed by atoms with Gasteiger partial charge in [-0.1, -0.05) is 6.07 Å². The minimum atomic E-state index is -0.510. The third kappa shape index (κ3) is 5.66. The predicted molar refractivity (Wildman–Crippen MR) is 95.8 cm³/mol. The smallest absolute Gasteiger partial charge is 0.410 e. The zero-order chi connectivity index (χ0) is 18.6. The fourth-order valence-corrected chi connectivity index (χ4v) is 2.50. The third-order valence-electron chi connectivity index (χ3n) is 4.12. The zero-order valence-electron chi connectivity index (χ0n) is 15.8. The van der Waals surface area contributed by atoms with Crippen molar-refractivity contribution in [2.45, 2.75) is 40.2 Å². The second-order valence-corrected chi connectivity index (χ2v) is 7.38. The summed E-state index contributed by atoms with van der Waals surface area (Å²) in [6.45, 7) is 11.5. The molecule has 0 aliphatic carbocycles. The van der Waals surface area contributed by atoms with Crippen molar-refractivity contribution in [3.63, 3.8) is 0 Å². The summed E-state index contributed by atoms with van der Waals surface area (Å²) in [5.41, 5.74) is 1.82. The molecule has 0 spiro atoms. The van der Waals surface area contributed by atoms with Gasteiger partial charge in [0.2, 0.25) is 0 Å². The van der Waals surface area contributed by atoms with E-state index in [4.69, 9.17) is 9.47 Å². The van der Waals surface area contributed by atoms with Gasteiger partial charge in [0.05, 0.1) is 0 Å². The van der Waals surface area contributed by atoms with Crippen LogP contribution in [0.2, 0.25) is 0 Å². The van der Waals surface area contributed by atoms with Gasteiger partial charge >= 0.3 is 6.09 Å². The van der Waals surface area contributed by atoms with Gasteiger partial charge in [0.25, 0.3) is 5.91 Å². The first-order valence-corrected chi connectivity index (χ1v) is 8.61. The maximum Gasteiger partial charge on any atom is 0.410 e. The third-order valence-corrected chi connectivity index (χ3v) is 4.12. The number of carbonyl (C=O) groups excluding carboxylic acids is 2. The van der Waals surface area contributed by atoms with Crippen LogP contribution in [0.3, 0.4) is 0 Å². The van der Waals surface area contributed by atoms with E-state index in [2.05, 4.69) is 0 Å². The Hall–Kier alpha value is -2.24. The molecule has 2 rings (SSSR count). The molecule has 1 aromatic carbocycles. The molecule has 0 unspecified atom stereocenters. The molecule has 0 saturated carbocycles. The number of aryl methyl sites for hydroxylation is 2. The molecule has 1 aliphatic rings. The van der Waals surface area contributed by atoms with Crippen LogP contribution in [0.15, 0.2) is 18.2 Å². The lowest BCUT2D eigenvalue weighted by atomic mass is 10.1. The van der Waals surface area contributed by atoms with Crippen molar-refractivity contribution in [2.24, 2.45) is 0 Å². The van der Waals surface area contributed by atoms with Crippen LogP contribution in [0.4, 0.5) is 4.79 Å². The Bertz CT molecular complexity index is 629. The van der Waals surface area contributed by atoms with Gasteiger partial charge < -0.3 is 19.3 Å². The summed E-state index contributed by atoms with van der Waals surface area (Å²) in [7, 11) is 0. The highest BCUT2D eigenvalue weighted by Gasteiger charge is 2.27. The molecule has 0 N–H and O–H groups in total. The summed E-state index contributed by atoms with van der Waals surface area (Å²) in [4.78, 5) is 27.7. The maximum absolute atomic E-state index is 12.3. The topological polar surface area (TPSA) is 59.1 Å². The number of benzene rings is 1. The number of nitrogens with zero attached hydrogens (tertiary/aromatic N) is 2. The molecule has 0 bridgehead atoms. The second-order valence-electron chi connectivity index (χ2n) is 7.38. The highest BCUT2D eigenvalue weighted by molar-refractivity contribution is 5.78. The van der Waals surface area contributed by atoms with Gasteiger partial charge in [-0.2, -0.15) is 0 Å². The van der Waals surface area contributed by atoms with Crippen molar-refractivity contribution < 1.29 is 19.1 Å². The van der Waals surface area contributed by atoms with E-state index in [0.29, 0.717) is 31.9 Å². The molecule has 25 heavy (non-hydrogen) atoms. The van der Waals surface area contributed by atoms with Crippen molar-refractivity contribution in [3.05, 3.63) is 29.3 Å². The normalized spacial score (nSPS) is 15.1. The Balaban J connectivity index is 1.79. The van der Waals surface area contributed by atoms with Gasteiger partial charge in [-0.25, -0.2) is 4.79 Å². The molecule has 6 heteroatoms. The highest BCUT2D eigenvalue weighted by atomic mass is 16.6. The number of amides is 2. The Morgan fingerprint density at radius 3 is 2.16 bits per heavy atom. The Morgan fingerprint density at radius 2 is 1.60 bits per heavy atom. The van der Waals surface area contributed by atoms with Crippen LogP contribution < -0.4 is 4.74 Å². The first-order chi connectivity index (χ1) is 11.7. The molecule has 1 saturated heterocycles. The lowest BCUT2D eigenvalue weighted by Crippen LogP contribution is -2.52. The molecule has 2 amide bonds. The van der Waals surface area contributed by atoms with Crippen molar-refractivity contribution in [1.29, 1.82) is 0 Å². The van der Waals surface area contributed by atoms with E-state index in [9.17, 15) is 9.59 Å². The average molecular weight is 348 g/mol. The van der Waals surface area contributed by atoms with E-state index in [1.54, 1.807) is 9.80 Å². The number of ether oxygens (including phenoxy) is 2. The minimum Gasteiger partial charge on any atom is -0.484 e. The lowest BCUT2D eigenvalue weighted by molar-refractivity contribution is -0.135. The zero-order valence-corrected chi connectivity index (χ0v) is 15.8. The molecule has 138 valence electrons. The van der Waals surface area contributed by atoms with Crippen molar-refractivity contribution in [3.8, 4) is 5.75 Å². The molecule has 6 nitrogen and oxygen atoms in total. The van der Waals surface area contributed by atoms with E-state index < -0.39 is 5.60 Å². The van der Waals surface area contributed by atoms with Crippen LogP contribution in [0.5, 0.6) is 5.75 Å². The summed E-state index contributed by atoms with van der Waals surface area (Å²) in [6, 6.07) is 5.79. The first-order valence-electron chi connectivity index (χ1n) is 8.61. The van der Waals surface area contributed by atoms with E-state index in [1.807, 2.05) is 52.8 Å². The molecule has 0 radical (unpaired) electrons. The standard InChI is InChI=1S/C19H28N2O4/c1-14-6-7-16(12-15(14)2)24-13-17(22)20-8-10-21(11-9-20)18(23)25-19(3,4)5/h6-7,12H,8-11,13H2,1-5H3. The molecule has 0 aromatic heterocycles. The highest BCUT2D eigenvalue weighted by Crippen LogP contribution is 2.17. The largest absolute Gasteiger partial charge is 0.484 e. The van der Waals surface area contributed by atoms with Gasteiger partial charge in [0.15, 0.2) is 6.61 Å². The number of hydrogen-bond acceptors (Lipinski definition) is 4. The molecule has 0 atom stereocenters. The molecular weight excluding hydrogens is 320 g/mol. The van der Waals surface area contributed by atoms with E-state index >= 15 is 0 Å². The summed E-state index contributed by atoms with van der Waals surface area (Å²) >= 11 is 0. The van der Waals surface area contributed by atoms with Gasteiger partial charge in [-0.05, 0) is 57.9 Å². The SMILES string of the molecule is Cc1ccc(OCC(=O)N2CCN(C(=O)OC(C)(C)C)CC2)cc1C. The molecular formula is C19H28N2O4. The van der Waals surface area contributed by atoms with E-state index in [1.165, 1.54) is 5.56 Å². The van der Waals surface area contributed by atoms with Crippen LogP contribution in [-0.4, -0.2) is 60.2 Å². The minimum absolute atomic E-state index is 0.00887. The number of hydrogen-bond donors (Lipinski definition) is 0. The molecule has 1 aromatic rings. The van der Waals surface area contributed by atoms with Crippen LogP contribution in [0.1, 0.15) is 31.9 Å². The van der Waals surface area contributed by atoms with Crippen LogP contribution in [0, 0.1) is 13.8 Å². The monoisotopic (exact) mass is 348 g/mol. The Morgan fingerprint density at radius 1 is 1.00 bits per heavy atom. The number of rotatable bonds is 3. The Kier molecular flexibility index (Phi) is 5.93. The molecule has 1 aliphatic heterocycles. The summed E-state index contributed by atoms with van der Waals surface area (Å²) in [5.74, 6) is 0.630. The average Bonchev–Trinajstić information content (AvgIpc) is 2.54. The lowest BCUT2D eigenvalue weighted by Gasteiger charge is -2.35. The van der Waals surface area contributed by atoms with Crippen LogP contribution in [-0.2, 0) is 9.53 Å². The van der Waals surface area contributed by atoms with Gasteiger partial charge in [-0.3, -0.25) is 4.79 Å². The molecule has 1 heterocycles. The van der Waals surface area contributed by atoms with Crippen molar-refractivity contribution in [2.75, 3.05) is 32.8 Å². The first kappa shape index (κ1) is 19.1. The van der Waals surface area contributed by atoms with Gasteiger partial charge in [-0.15, -0.1) is 0 Å².